The van der Waals surface area contributed by atoms with Crippen molar-refractivity contribution in [3.63, 3.8) is 0 Å². The van der Waals surface area contributed by atoms with Crippen molar-refractivity contribution < 1.29 is 9.29 Å². The molecule has 0 aliphatic heterocycles. The molecule has 0 amide bonds. The number of halogens is 4. The Balaban J connectivity index is 3.02. The molecule has 32 valence electrons. The van der Waals surface area contributed by atoms with Gasteiger partial charge >= 0.3 is 62.7 Å². The second kappa shape index (κ2) is 3.04. The maximum atomic E-state index is 5.49. The number of hydrogen-bond donors (Lipinski definition) is 0. The van der Waals surface area contributed by atoms with E-state index in [2.05, 4.69) is 36.3 Å². The van der Waals surface area contributed by atoms with Gasteiger partial charge in [-0.15, -0.1) is 0 Å². The van der Waals surface area contributed by atoms with Gasteiger partial charge in [-0.3, -0.25) is 0 Å². The molecule has 0 saturated carbocycles. The van der Waals surface area contributed by atoms with Crippen molar-refractivity contribution in [3.8, 4) is 0 Å². The molecular weight excluding hydrogens is 503 g/mol. The van der Waals surface area contributed by atoms with Gasteiger partial charge in [-0.1, -0.05) is 0 Å². The van der Waals surface area contributed by atoms with Gasteiger partial charge in [0.25, 0.3) is 0 Å². The Kier molecular flexibility index (Phi) is 4.81. The molecule has 5 heteroatoms. The zero-order valence-corrected chi connectivity index (χ0v) is 11.4. The standard InChI is InChI=1S/2ClH.Hf.2HI/h2*1H;;2*1H/q;;+4;;/p-4. The number of hydrogen-bond acceptors (Lipinski definition) is 0. The van der Waals surface area contributed by atoms with E-state index in [0.717, 1.165) is 0 Å². The third kappa shape index (κ3) is 19.7. The average Bonchev–Trinajstić information content (AvgIpc) is 0.722. The van der Waals surface area contributed by atoms with Crippen LogP contribution >= 0.6 is 53.4 Å². The van der Waals surface area contributed by atoms with E-state index in [9.17, 15) is 0 Å². The minimum atomic E-state index is -2.39. The van der Waals surface area contributed by atoms with Crippen LogP contribution in [0, 0.1) is 0 Å². The second-order valence-corrected chi connectivity index (χ2v) is 78.6. The Morgan fingerprint density at radius 3 is 1.20 bits per heavy atom. The summed E-state index contributed by atoms with van der Waals surface area (Å²) >= 11 is 4.23. The van der Waals surface area contributed by atoms with Gasteiger partial charge < -0.3 is 0 Å². The van der Waals surface area contributed by atoms with Crippen LogP contribution in [0.3, 0.4) is 0 Å². The van der Waals surface area contributed by atoms with Gasteiger partial charge in [0.05, 0.1) is 0 Å². The van der Waals surface area contributed by atoms with Gasteiger partial charge in [-0.25, -0.2) is 0 Å². The van der Waals surface area contributed by atoms with E-state index in [0.29, 0.717) is 0 Å². The molecule has 0 nitrogen and oxygen atoms in total. The fourth-order valence-electron chi connectivity index (χ4n) is 0. The molecule has 0 fully saturated rings. The molecule has 0 bridgehead atoms. The van der Waals surface area contributed by atoms with E-state index >= 15 is 0 Å². The van der Waals surface area contributed by atoms with Crippen LogP contribution < -0.4 is 0 Å². The Morgan fingerprint density at radius 1 is 1.20 bits per heavy atom. The Bertz CT molecular complexity index is 23.1. The molecule has 5 heavy (non-hydrogen) atoms. The van der Waals surface area contributed by atoms with Crippen LogP contribution in [0.15, 0.2) is 0 Å². The first-order valence-electron chi connectivity index (χ1n) is 0.756. The minimum absolute atomic E-state index is 2.12. The molecule has 0 N–H and O–H groups in total. The predicted molar refractivity (Wildman–Crippen MR) is 39.7 cm³/mol. The Labute approximate surface area is 61.0 Å². The van der Waals surface area contributed by atoms with Crippen molar-refractivity contribution >= 4 is 53.4 Å². The summed E-state index contributed by atoms with van der Waals surface area (Å²) < 4.78 is 0. The van der Waals surface area contributed by atoms with Gasteiger partial charge in [0.1, 0.15) is 0 Å². The average molecular weight is 503 g/mol. The second-order valence-electron chi connectivity index (χ2n) is 0.429. The van der Waals surface area contributed by atoms with Crippen LogP contribution in [0.4, 0.5) is 0 Å². The first-order valence-corrected chi connectivity index (χ1v) is 30.0. The van der Waals surface area contributed by atoms with Crippen molar-refractivity contribution in [2.24, 2.45) is 0 Å². The quantitative estimate of drug-likeness (QED) is 0.352. The SMILES string of the molecule is [Cl][Hf]([Cl])([I])[I]. The molecule has 0 heterocycles. The van der Waals surface area contributed by atoms with E-state index in [1.165, 1.54) is 0 Å². The molecule has 0 atom stereocenters. The van der Waals surface area contributed by atoms with Crippen LogP contribution in [0.2, 0.25) is 0 Å². The molecule has 0 aromatic carbocycles. The van der Waals surface area contributed by atoms with Crippen molar-refractivity contribution in [3.05, 3.63) is 0 Å². The third-order valence-electron chi connectivity index (χ3n) is 0. The topological polar surface area (TPSA) is 0 Å². The van der Waals surface area contributed by atoms with Crippen LogP contribution in [0.5, 0.6) is 0 Å². The third-order valence-corrected chi connectivity index (χ3v) is 0. The normalized spacial score (nSPS) is 12.0. The van der Waals surface area contributed by atoms with E-state index in [1.54, 1.807) is 0 Å². The van der Waals surface area contributed by atoms with E-state index in [-0.39, 0.29) is 0 Å². The molecule has 0 saturated heterocycles. The van der Waals surface area contributed by atoms with Gasteiger partial charge in [0.2, 0.25) is 0 Å². The van der Waals surface area contributed by atoms with Gasteiger partial charge in [-0.05, 0) is 0 Å². The molecule has 0 aromatic heterocycles. The van der Waals surface area contributed by atoms with Crippen LogP contribution in [0.1, 0.15) is 0 Å². The fraction of sp³-hybridized carbons (Fsp3) is 0. The summed E-state index contributed by atoms with van der Waals surface area (Å²) in [6.07, 6.45) is 0. The summed E-state index contributed by atoms with van der Waals surface area (Å²) in [4.78, 5) is 0. The molecular formula is Cl2HfI2. The first-order chi connectivity index (χ1) is 2.00. The van der Waals surface area contributed by atoms with Crippen molar-refractivity contribution in [2.75, 3.05) is 0 Å². The molecule has 0 spiro atoms. The predicted octanol–water partition coefficient (Wildman–Crippen LogP) is 3.15. The van der Waals surface area contributed by atoms with Crippen LogP contribution in [-0.2, 0) is 9.29 Å². The maximum absolute atomic E-state index is 5.49. The summed E-state index contributed by atoms with van der Waals surface area (Å²) in [6.45, 7) is 0. The van der Waals surface area contributed by atoms with Crippen molar-refractivity contribution in [1.29, 1.82) is 0 Å². The van der Waals surface area contributed by atoms with Crippen molar-refractivity contribution in [1.82, 2.24) is 0 Å². The molecule has 0 aliphatic carbocycles. The van der Waals surface area contributed by atoms with E-state index in [4.69, 9.17) is 17.2 Å². The molecule has 0 aliphatic rings. The summed E-state index contributed by atoms with van der Waals surface area (Å²) in [5.74, 6) is 0. The fourth-order valence-corrected chi connectivity index (χ4v) is 0. The molecule has 0 aromatic rings. The summed E-state index contributed by atoms with van der Waals surface area (Å²) in [7, 11) is 8.59. The van der Waals surface area contributed by atoms with Crippen LogP contribution in [-0.4, -0.2) is 0 Å². The van der Waals surface area contributed by atoms with Gasteiger partial charge in [-0.2, -0.15) is 0 Å². The summed E-state index contributed by atoms with van der Waals surface area (Å²) in [6, 6.07) is 0. The van der Waals surface area contributed by atoms with E-state index < -0.39 is 9.29 Å². The zero-order valence-electron chi connectivity index (χ0n) is 2.01. The Hall–Kier alpha value is 2.91. The zero-order chi connectivity index (χ0) is 4.50. The molecule has 0 unspecified atom stereocenters. The van der Waals surface area contributed by atoms with Gasteiger partial charge in [0.15, 0.2) is 0 Å². The number of rotatable bonds is 0. The molecule has 0 radical (unpaired) electrons. The molecule has 0 rings (SSSR count). The Morgan fingerprint density at radius 2 is 1.20 bits per heavy atom. The first kappa shape index (κ1) is 7.91. The van der Waals surface area contributed by atoms with E-state index in [1.807, 2.05) is 0 Å². The summed E-state index contributed by atoms with van der Waals surface area (Å²) in [5, 5.41) is 0. The summed E-state index contributed by atoms with van der Waals surface area (Å²) in [5.41, 5.74) is 0. The monoisotopic (exact) mass is 504 g/mol. The van der Waals surface area contributed by atoms with Gasteiger partial charge in [0, 0.05) is 0 Å². The van der Waals surface area contributed by atoms with Crippen LogP contribution in [0.25, 0.3) is 0 Å². The van der Waals surface area contributed by atoms with Crippen molar-refractivity contribution in [2.45, 2.75) is 0 Å².